The molecule has 3 aromatic rings. The summed E-state index contributed by atoms with van der Waals surface area (Å²) in [6.07, 6.45) is 2.79. The molecule has 1 saturated heterocycles. The molecule has 2 N–H and O–H groups in total. The normalized spacial score (nSPS) is 14.7. The van der Waals surface area contributed by atoms with Crippen molar-refractivity contribution in [1.29, 1.82) is 10.9 Å². The molecule has 2 aromatic heterocycles. The number of nitrogens with one attached hydrogen (secondary N) is 2. The number of pyridine rings is 1. The highest BCUT2D eigenvalue weighted by atomic mass is 16.1. The first-order chi connectivity index (χ1) is 15.8. The number of aryl methyl sites for hydroxylation is 1. The van der Waals surface area contributed by atoms with Crippen LogP contribution in [0.4, 0.5) is 5.69 Å². The second kappa shape index (κ2) is 9.62. The summed E-state index contributed by atoms with van der Waals surface area (Å²) in [6.45, 7) is 10.2. The van der Waals surface area contributed by atoms with Crippen LogP contribution in [-0.2, 0) is 13.0 Å². The minimum absolute atomic E-state index is 0.0143. The Balaban J connectivity index is 1.49. The summed E-state index contributed by atoms with van der Waals surface area (Å²) < 4.78 is 1.59. The molecule has 3 heterocycles. The van der Waals surface area contributed by atoms with Gasteiger partial charge in [0.2, 0.25) is 0 Å². The minimum Gasteiger partial charge on any atom is -0.368 e. The van der Waals surface area contributed by atoms with E-state index < -0.39 is 0 Å². The fourth-order valence-electron chi connectivity index (χ4n) is 4.41. The third-order valence-electron chi connectivity index (χ3n) is 6.03. The second-order valence-corrected chi connectivity index (χ2v) is 9.19. The fourth-order valence-corrected chi connectivity index (χ4v) is 4.41. The molecular formula is C25H31N7O. The van der Waals surface area contributed by atoms with Crippen molar-refractivity contribution < 1.29 is 0 Å². The van der Waals surface area contributed by atoms with Crippen LogP contribution in [0.25, 0.3) is 5.65 Å². The van der Waals surface area contributed by atoms with Crippen molar-refractivity contribution in [2.75, 3.05) is 31.1 Å². The van der Waals surface area contributed by atoms with Gasteiger partial charge in [0.1, 0.15) is 5.65 Å². The maximum absolute atomic E-state index is 12.5. The zero-order valence-corrected chi connectivity index (χ0v) is 19.5. The quantitative estimate of drug-likeness (QED) is 0.342. The number of amidine groups is 1. The third-order valence-corrected chi connectivity index (χ3v) is 6.03. The van der Waals surface area contributed by atoms with Crippen molar-refractivity contribution in [3.63, 3.8) is 0 Å². The summed E-state index contributed by atoms with van der Waals surface area (Å²) in [5.74, 6) is 0.530. The highest BCUT2D eigenvalue weighted by Gasteiger charge is 2.22. The first-order valence-electron chi connectivity index (χ1n) is 11.4. The van der Waals surface area contributed by atoms with E-state index in [9.17, 15) is 4.79 Å². The first kappa shape index (κ1) is 22.8. The Morgan fingerprint density at radius 2 is 1.88 bits per heavy atom. The third kappa shape index (κ3) is 5.17. The number of benzene rings is 1. The van der Waals surface area contributed by atoms with E-state index in [0.29, 0.717) is 23.7 Å². The second-order valence-electron chi connectivity index (χ2n) is 9.19. The summed E-state index contributed by atoms with van der Waals surface area (Å²) in [7, 11) is 0. The number of piperazine rings is 1. The highest BCUT2D eigenvalue weighted by molar-refractivity contribution is 6.01. The lowest BCUT2D eigenvalue weighted by molar-refractivity contribution is 0.247. The molecule has 8 heteroatoms. The number of aromatic nitrogens is 2. The Morgan fingerprint density at radius 1 is 1.12 bits per heavy atom. The van der Waals surface area contributed by atoms with Gasteiger partial charge in [-0.15, -0.1) is 5.11 Å². The lowest BCUT2D eigenvalue weighted by Crippen LogP contribution is -2.46. The molecule has 0 atom stereocenters. The average molecular weight is 446 g/mol. The number of fused-ring (bicyclic) bond motifs is 1. The predicted molar refractivity (Wildman–Crippen MR) is 131 cm³/mol. The molecule has 1 fully saturated rings. The molecule has 0 bridgehead atoms. The molecule has 1 aromatic carbocycles. The summed E-state index contributed by atoms with van der Waals surface area (Å²) in [6, 6.07) is 11.6. The molecule has 172 valence electrons. The van der Waals surface area contributed by atoms with Crippen LogP contribution in [-0.4, -0.2) is 46.3 Å². The number of hydrogen-bond acceptors (Lipinski definition) is 6. The van der Waals surface area contributed by atoms with Gasteiger partial charge in [0.25, 0.3) is 5.56 Å². The van der Waals surface area contributed by atoms with E-state index in [1.54, 1.807) is 10.5 Å². The molecule has 4 rings (SSSR count). The van der Waals surface area contributed by atoms with Gasteiger partial charge in [0, 0.05) is 56.2 Å². The van der Waals surface area contributed by atoms with Gasteiger partial charge < -0.3 is 4.90 Å². The fraction of sp³-hybridized carbons (Fsp3) is 0.400. The van der Waals surface area contributed by atoms with E-state index in [1.165, 1.54) is 5.56 Å². The van der Waals surface area contributed by atoms with Crippen LogP contribution >= 0.6 is 0 Å². The van der Waals surface area contributed by atoms with E-state index in [1.807, 2.05) is 37.4 Å². The van der Waals surface area contributed by atoms with Crippen LogP contribution in [0.2, 0.25) is 0 Å². The number of hydrogen-bond donors (Lipinski definition) is 2. The number of nitrogens with zero attached hydrogens (tertiary/aromatic N) is 5. The number of anilines is 1. The Hall–Kier alpha value is -3.39. The largest absolute Gasteiger partial charge is 0.368 e. The van der Waals surface area contributed by atoms with E-state index >= 15 is 0 Å². The average Bonchev–Trinajstić information content (AvgIpc) is 2.79. The van der Waals surface area contributed by atoms with Crippen LogP contribution in [0.3, 0.4) is 0 Å². The van der Waals surface area contributed by atoms with Crippen molar-refractivity contribution in [3.8, 4) is 0 Å². The molecule has 0 amide bonds. The topological polar surface area (TPSA) is 101 Å². The molecule has 1 aliphatic rings. The SMILES string of the molecule is Cc1ccc2nc(CN3CCN(c4cc(CC(C)C)ccc4C(=N)N=N)CC3)cc(=O)n2c1. The Morgan fingerprint density at radius 3 is 2.58 bits per heavy atom. The molecule has 0 aliphatic carbocycles. The highest BCUT2D eigenvalue weighted by Crippen LogP contribution is 2.26. The van der Waals surface area contributed by atoms with E-state index in [0.717, 1.165) is 49.5 Å². The maximum Gasteiger partial charge on any atom is 0.258 e. The first-order valence-corrected chi connectivity index (χ1v) is 11.4. The lowest BCUT2D eigenvalue weighted by Gasteiger charge is -2.37. The van der Waals surface area contributed by atoms with Crippen molar-refractivity contribution in [2.45, 2.75) is 33.7 Å². The summed E-state index contributed by atoms with van der Waals surface area (Å²) in [5, 5.41) is 11.5. The van der Waals surface area contributed by atoms with Gasteiger partial charge in [-0.1, -0.05) is 26.0 Å². The molecule has 0 spiro atoms. The van der Waals surface area contributed by atoms with Gasteiger partial charge in [-0.25, -0.2) is 10.5 Å². The lowest BCUT2D eigenvalue weighted by atomic mass is 9.99. The number of rotatable bonds is 6. The van der Waals surface area contributed by atoms with Crippen LogP contribution in [0, 0.1) is 23.8 Å². The monoisotopic (exact) mass is 445 g/mol. The smallest absolute Gasteiger partial charge is 0.258 e. The van der Waals surface area contributed by atoms with Crippen molar-refractivity contribution >= 4 is 17.2 Å². The van der Waals surface area contributed by atoms with Gasteiger partial charge in [0.05, 0.1) is 5.69 Å². The van der Waals surface area contributed by atoms with Crippen LogP contribution < -0.4 is 10.5 Å². The zero-order valence-electron chi connectivity index (χ0n) is 19.5. The molecule has 0 radical (unpaired) electrons. The Bertz CT molecular complexity index is 1240. The molecule has 1 aliphatic heterocycles. The summed E-state index contributed by atoms with van der Waals surface area (Å²) >= 11 is 0. The summed E-state index contributed by atoms with van der Waals surface area (Å²) in [5.41, 5.74) is 12.6. The minimum atomic E-state index is -0.0541. The van der Waals surface area contributed by atoms with Gasteiger partial charge in [-0.05, 0) is 48.6 Å². The molecule has 8 nitrogen and oxygen atoms in total. The molecular weight excluding hydrogens is 414 g/mol. The van der Waals surface area contributed by atoms with Crippen molar-refractivity contribution in [1.82, 2.24) is 14.3 Å². The van der Waals surface area contributed by atoms with Crippen LogP contribution in [0.15, 0.2) is 52.5 Å². The Labute approximate surface area is 193 Å². The Kier molecular flexibility index (Phi) is 6.65. The van der Waals surface area contributed by atoms with E-state index in [4.69, 9.17) is 10.9 Å². The molecule has 0 saturated carbocycles. The van der Waals surface area contributed by atoms with E-state index in [-0.39, 0.29) is 11.4 Å². The molecule has 0 unspecified atom stereocenters. The van der Waals surface area contributed by atoms with Crippen molar-refractivity contribution in [2.24, 2.45) is 11.0 Å². The maximum atomic E-state index is 12.5. The predicted octanol–water partition coefficient (Wildman–Crippen LogP) is 3.88. The summed E-state index contributed by atoms with van der Waals surface area (Å²) in [4.78, 5) is 21.8. The van der Waals surface area contributed by atoms with Crippen LogP contribution in [0.1, 0.15) is 36.2 Å². The molecule has 33 heavy (non-hydrogen) atoms. The standard InChI is InChI=1S/C25H31N7O/c1-17(2)12-19-5-6-21(25(26)29-27)22(13-19)31-10-8-30(9-11-31)16-20-14-24(33)32-15-18(3)4-7-23(32)28-20/h4-7,13-15,17,26-27H,8-12,16H2,1-3H3. The van der Waals surface area contributed by atoms with Gasteiger partial charge in [-0.3, -0.25) is 19.5 Å². The van der Waals surface area contributed by atoms with Gasteiger partial charge in [-0.2, -0.15) is 0 Å². The van der Waals surface area contributed by atoms with E-state index in [2.05, 4.69) is 39.8 Å². The van der Waals surface area contributed by atoms with Gasteiger partial charge in [0.15, 0.2) is 5.84 Å². The van der Waals surface area contributed by atoms with Crippen LogP contribution in [0.5, 0.6) is 0 Å². The van der Waals surface area contributed by atoms with Crippen molar-refractivity contribution in [3.05, 3.63) is 75.3 Å². The zero-order chi connectivity index (χ0) is 23.5. The van der Waals surface area contributed by atoms with Gasteiger partial charge >= 0.3 is 0 Å².